The molecule has 0 radical (unpaired) electrons. The van der Waals surface area contributed by atoms with Gasteiger partial charge in [0.2, 0.25) is 12.7 Å². The fraction of sp³-hybridized carbons (Fsp3) is 0.789. The molecule has 0 spiro atoms. The van der Waals surface area contributed by atoms with Crippen LogP contribution in [0.3, 0.4) is 0 Å². The molecular weight excluding hydrogens is 338 g/mol. The van der Waals surface area contributed by atoms with Crippen molar-refractivity contribution in [3.05, 3.63) is 0 Å². The van der Waals surface area contributed by atoms with E-state index in [-0.39, 0.29) is 24.5 Å². The summed E-state index contributed by atoms with van der Waals surface area (Å²) >= 11 is 0. The van der Waals surface area contributed by atoms with Gasteiger partial charge in [0.1, 0.15) is 0 Å². The van der Waals surface area contributed by atoms with Crippen molar-refractivity contribution in [3.63, 3.8) is 0 Å². The lowest BCUT2D eigenvalue weighted by molar-refractivity contribution is -0.173. The summed E-state index contributed by atoms with van der Waals surface area (Å²) < 4.78 is 9.61. The third-order valence-electron chi connectivity index (χ3n) is 3.58. The second kappa shape index (κ2) is 9.69. The number of hydrogen-bond acceptors (Lipinski definition) is 6. The van der Waals surface area contributed by atoms with Gasteiger partial charge in [-0.2, -0.15) is 0 Å². The zero-order chi connectivity index (χ0) is 20.7. The van der Waals surface area contributed by atoms with Crippen LogP contribution in [0.2, 0.25) is 0 Å². The molecule has 0 saturated carbocycles. The van der Waals surface area contributed by atoms with Gasteiger partial charge in [-0.25, -0.2) is 0 Å². The van der Waals surface area contributed by atoms with Crippen molar-refractivity contribution >= 4 is 23.6 Å². The quantitative estimate of drug-likeness (QED) is 0.520. The van der Waals surface area contributed by atoms with E-state index < -0.39 is 41.5 Å². The van der Waals surface area contributed by atoms with E-state index in [9.17, 15) is 19.2 Å². The number of esters is 2. The predicted octanol–water partition coefficient (Wildman–Crippen LogP) is 2.61. The molecule has 0 saturated heterocycles. The molecule has 0 aliphatic rings. The van der Waals surface area contributed by atoms with E-state index in [1.807, 2.05) is 13.8 Å². The second-order valence-corrected chi connectivity index (χ2v) is 8.72. The van der Waals surface area contributed by atoms with Crippen molar-refractivity contribution in [2.45, 2.75) is 74.3 Å². The lowest BCUT2D eigenvalue weighted by atomic mass is 9.82. The minimum atomic E-state index is -0.683. The number of ether oxygens (including phenoxy) is 2. The average molecular weight is 371 g/mol. The highest BCUT2D eigenvalue weighted by molar-refractivity contribution is 5.93. The van der Waals surface area contributed by atoms with E-state index in [1.54, 1.807) is 41.5 Å². The molecule has 0 aromatic carbocycles. The SMILES string of the molecule is CC(C)C(NC(=O)CCC(=O)OCOC(=O)C(C)(C)C)C(=O)C(C)(C)C. The Bertz CT molecular complexity index is 525. The molecular formula is C19H33NO6. The van der Waals surface area contributed by atoms with Crippen LogP contribution < -0.4 is 5.32 Å². The molecule has 0 bridgehead atoms. The van der Waals surface area contributed by atoms with Gasteiger partial charge < -0.3 is 14.8 Å². The van der Waals surface area contributed by atoms with Crippen molar-refractivity contribution in [1.82, 2.24) is 5.32 Å². The summed E-state index contributed by atoms with van der Waals surface area (Å²) in [5, 5.41) is 2.69. The van der Waals surface area contributed by atoms with E-state index >= 15 is 0 Å². The van der Waals surface area contributed by atoms with Gasteiger partial charge in [-0.3, -0.25) is 19.2 Å². The summed E-state index contributed by atoms with van der Waals surface area (Å²) in [4.78, 5) is 47.6. The standard InChI is InChI=1S/C19H33NO6/c1-12(2)15(16(23)18(3,4)5)20-13(21)9-10-14(22)25-11-26-17(24)19(6,7)8/h12,15H,9-11H2,1-8H3,(H,20,21). The number of ketones is 1. The smallest absolute Gasteiger partial charge is 0.314 e. The molecule has 0 heterocycles. The van der Waals surface area contributed by atoms with E-state index in [0.29, 0.717) is 0 Å². The van der Waals surface area contributed by atoms with Crippen molar-refractivity contribution in [1.29, 1.82) is 0 Å². The molecule has 0 aromatic heterocycles. The van der Waals surface area contributed by atoms with Crippen LogP contribution in [-0.4, -0.2) is 36.5 Å². The van der Waals surface area contributed by atoms with Crippen molar-refractivity contribution < 1.29 is 28.7 Å². The van der Waals surface area contributed by atoms with Crippen LogP contribution >= 0.6 is 0 Å². The topological polar surface area (TPSA) is 98.8 Å². The Morgan fingerprint density at radius 2 is 1.38 bits per heavy atom. The monoisotopic (exact) mass is 371 g/mol. The maximum atomic E-state index is 12.4. The van der Waals surface area contributed by atoms with E-state index in [1.165, 1.54) is 0 Å². The average Bonchev–Trinajstić information content (AvgIpc) is 2.47. The molecule has 1 atom stereocenters. The first-order valence-corrected chi connectivity index (χ1v) is 8.82. The first-order valence-electron chi connectivity index (χ1n) is 8.82. The third-order valence-corrected chi connectivity index (χ3v) is 3.58. The van der Waals surface area contributed by atoms with Gasteiger partial charge in [-0.15, -0.1) is 0 Å². The summed E-state index contributed by atoms with van der Waals surface area (Å²) in [6.07, 6.45) is -0.264. The van der Waals surface area contributed by atoms with Crippen molar-refractivity contribution in [2.24, 2.45) is 16.7 Å². The summed E-state index contributed by atoms with van der Waals surface area (Å²) in [7, 11) is 0. The molecule has 1 unspecified atom stereocenters. The second-order valence-electron chi connectivity index (χ2n) is 8.72. The predicted molar refractivity (Wildman–Crippen MR) is 97.0 cm³/mol. The minimum Gasteiger partial charge on any atom is -0.428 e. The van der Waals surface area contributed by atoms with Crippen LogP contribution in [0.5, 0.6) is 0 Å². The van der Waals surface area contributed by atoms with Crippen molar-refractivity contribution in [2.75, 3.05) is 6.79 Å². The van der Waals surface area contributed by atoms with Gasteiger partial charge in [-0.1, -0.05) is 34.6 Å². The Labute approximate surface area is 156 Å². The highest BCUT2D eigenvalue weighted by Gasteiger charge is 2.32. The largest absolute Gasteiger partial charge is 0.428 e. The number of rotatable bonds is 8. The fourth-order valence-electron chi connectivity index (χ4n) is 1.90. The van der Waals surface area contributed by atoms with Crippen LogP contribution in [0.4, 0.5) is 0 Å². The maximum Gasteiger partial charge on any atom is 0.314 e. The normalized spacial score (nSPS) is 13.1. The number of amides is 1. The van der Waals surface area contributed by atoms with Crippen LogP contribution in [0.1, 0.15) is 68.2 Å². The molecule has 0 fully saturated rings. The summed E-state index contributed by atoms with van der Waals surface area (Å²) in [5.41, 5.74) is -1.25. The van der Waals surface area contributed by atoms with Crippen LogP contribution in [0.15, 0.2) is 0 Å². The zero-order valence-corrected chi connectivity index (χ0v) is 17.2. The highest BCUT2D eigenvalue weighted by Crippen LogP contribution is 2.20. The highest BCUT2D eigenvalue weighted by atomic mass is 16.7. The van der Waals surface area contributed by atoms with Gasteiger partial charge >= 0.3 is 11.9 Å². The molecule has 1 amide bonds. The van der Waals surface area contributed by atoms with Gasteiger partial charge in [0.15, 0.2) is 5.78 Å². The zero-order valence-electron chi connectivity index (χ0n) is 17.2. The Hall–Kier alpha value is -1.92. The number of Topliss-reactive ketones (excluding diaryl/α,β-unsaturated/α-hetero) is 1. The molecule has 1 N–H and O–H groups in total. The summed E-state index contributed by atoms with van der Waals surface area (Å²) in [5.74, 6) is -1.65. The van der Waals surface area contributed by atoms with Gasteiger partial charge in [0.05, 0.1) is 17.9 Å². The summed E-state index contributed by atoms with van der Waals surface area (Å²) in [6, 6.07) is -0.605. The van der Waals surface area contributed by atoms with Crippen LogP contribution in [-0.2, 0) is 28.7 Å². The third kappa shape index (κ3) is 8.97. The number of hydrogen-bond donors (Lipinski definition) is 1. The Morgan fingerprint density at radius 1 is 0.846 bits per heavy atom. The molecule has 0 aliphatic heterocycles. The lowest BCUT2D eigenvalue weighted by Crippen LogP contribution is -2.48. The number of carbonyl (C=O) groups is 4. The Kier molecular flexibility index (Phi) is 8.97. The van der Waals surface area contributed by atoms with Crippen molar-refractivity contribution in [3.8, 4) is 0 Å². The number of carbonyl (C=O) groups excluding carboxylic acids is 4. The molecule has 7 heteroatoms. The van der Waals surface area contributed by atoms with Gasteiger partial charge in [0, 0.05) is 11.8 Å². The lowest BCUT2D eigenvalue weighted by Gasteiger charge is -2.28. The van der Waals surface area contributed by atoms with Gasteiger partial charge in [-0.05, 0) is 26.7 Å². The van der Waals surface area contributed by atoms with Gasteiger partial charge in [0.25, 0.3) is 0 Å². The van der Waals surface area contributed by atoms with E-state index in [0.717, 1.165) is 0 Å². The Balaban J connectivity index is 4.37. The minimum absolute atomic E-state index is 0.0579. The van der Waals surface area contributed by atoms with Crippen LogP contribution in [0.25, 0.3) is 0 Å². The van der Waals surface area contributed by atoms with E-state index in [4.69, 9.17) is 9.47 Å². The molecule has 26 heavy (non-hydrogen) atoms. The van der Waals surface area contributed by atoms with Crippen LogP contribution in [0, 0.1) is 16.7 Å². The first kappa shape index (κ1) is 24.1. The maximum absolute atomic E-state index is 12.4. The molecule has 0 aliphatic carbocycles. The first-order chi connectivity index (χ1) is 11.7. The molecule has 150 valence electrons. The molecule has 0 aromatic rings. The Morgan fingerprint density at radius 3 is 1.81 bits per heavy atom. The molecule has 0 rings (SSSR count). The molecule has 7 nitrogen and oxygen atoms in total. The number of nitrogens with one attached hydrogen (secondary N) is 1. The fourth-order valence-corrected chi connectivity index (χ4v) is 1.90. The van der Waals surface area contributed by atoms with E-state index in [2.05, 4.69) is 5.32 Å². The summed E-state index contributed by atoms with van der Waals surface area (Å²) in [6.45, 7) is 13.7.